The second-order valence-electron chi connectivity index (χ2n) is 4.43. The maximum absolute atomic E-state index is 6.07. The maximum atomic E-state index is 6.07. The van der Waals surface area contributed by atoms with Gasteiger partial charge < -0.3 is 14.8 Å². The van der Waals surface area contributed by atoms with Crippen molar-refractivity contribution in [2.75, 3.05) is 19.8 Å². The fraction of sp³-hybridized carbons (Fsp3) is 1.00. The SMILES string of the molecule is C1CC2OC(C3CC3)CNC2CO1. The number of rotatable bonds is 1. The average Bonchev–Trinajstić information content (AvgIpc) is 3.00. The van der Waals surface area contributed by atoms with Gasteiger partial charge >= 0.3 is 0 Å². The third-order valence-corrected chi connectivity index (χ3v) is 3.37. The van der Waals surface area contributed by atoms with Crippen LogP contribution in [-0.2, 0) is 9.47 Å². The molecular formula is C10H17NO2. The molecule has 1 N–H and O–H groups in total. The molecule has 3 aliphatic rings. The molecule has 0 amide bonds. The summed E-state index contributed by atoms with van der Waals surface area (Å²) in [4.78, 5) is 0. The zero-order valence-corrected chi connectivity index (χ0v) is 7.87. The molecule has 0 aromatic heterocycles. The van der Waals surface area contributed by atoms with Crippen molar-refractivity contribution in [2.45, 2.75) is 37.5 Å². The summed E-state index contributed by atoms with van der Waals surface area (Å²) in [6.07, 6.45) is 4.74. The van der Waals surface area contributed by atoms with Crippen molar-refractivity contribution in [1.82, 2.24) is 5.32 Å². The standard InChI is InChI=1S/C10H17NO2/c1-2-7(1)10-5-11-8-6-12-4-3-9(8)13-10/h7-11H,1-6H2. The van der Waals surface area contributed by atoms with E-state index in [0.717, 1.165) is 32.1 Å². The molecule has 2 aliphatic heterocycles. The largest absolute Gasteiger partial charge is 0.380 e. The highest BCUT2D eigenvalue weighted by Crippen LogP contribution is 2.36. The van der Waals surface area contributed by atoms with Gasteiger partial charge in [0, 0.05) is 13.2 Å². The van der Waals surface area contributed by atoms with E-state index in [2.05, 4.69) is 5.32 Å². The summed E-state index contributed by atoms with van der Waals surface area (Å²) in [7, 11) is 0. The fourth-order valence-electron chi connectivity index (χ4n) is 2.36. The monoisotopic (exact) mass is 183 g/mol. The van der Waals surface area contributed by atoms with E-state index in [-0.39, 0.29) is 0 Å². The number of fused-ring (bicyclic) bond motifs is 1. The molecule has 3 heteroatoms. The zero-order chi connectivity index (χ0) is 8.67. The number of ether oxygens (including phenoxy) is 2. The minimum atomic E-state index is 0.424. The van der Waals surface area contributed by atoms with Crippen LogP contribution in [0.1, 0.15) is 19.3 Å². The molecule has 13 heavy (non-hydrogen) atoms. The normalized spacial score (nSPS) is 45.7. The molecule has 0 spiro atoms. The minimum Gasteiger partial charge on any atom is -0.380 e. The van der Waals surface area contributed by atoms with E-state index in [1.54, 1.807) is 0 Å². The summed E-state index contributed by atoms with van der Waals surface area (Å²) in [5.74, 6) is 0.858. The Hall–Kier alpha value is -0.120. The van der Waals surface area contributed by atoms with Crippen molar-refractivity contribution in [3.8, 4) is 0 Å². The van der Waals surface area contributed by atoms with Crippen LogP contribution in [0, 0.1) is 5.92 Å². The van der Waals surface area contributed by atoms with Gasteiger partial charge in [0.1, 0.15) is 0 Å². The molecule has 3 nitrogen and oxygen atoms in total. The van der Waals surface area contributed by atoms with E-state index >= 15 is 0 Å². The molecule has 3 rings (SSSR count). The van der Waals surface area contributed by atoms with Gasteiger partial charge in [-0.2, -0.15) is 0 Å². The second-order valence-corrected chi connectivity index (χ2v) is 4.43. The summed E-state index contributed by atoms with van der Waals surface area (Å²) in [6.45, 7) is 2.75. The van der Waals surface area contributed by atoms with Crippen LogP contribution in [0.2, 0.25) is 0 Å². The van der Waals surface area contributed by atoms with Crippen molar-refractivity contribution in [2.24, 2.45) is 5.92 Å². The van der Waals surface area contributed by atoms with Crippen LogP contribution < -0.4 is 5.32 Å². The molecule has 0 aromatic rings. The van der Waals surface area contributed by atoms with E-state index in [4.69, 9.17) is 9.47 Å². The first-order chi connectivity index (χ1) is 6.43. The Balaban J connectivity index is 1.62. The fourth-order valence-corrected chi connectivity index (χ4v) is 2.36. The third kappa shape index (κ3) is 1.60. The first-order valence-electron chi connectivity index (χ1n) is 5.40. The molecule has 0 aromatic carbocycles. The van der Waals surface area contributed by atoms with Gasteiger partial charge in [0.2, 0.25) is 0 Å². The molecular weight excluding hydrogens is 166 g/mol. The van der Waals surface area contributed by atoms with Crippen molar-refractivity contribution < 1.29 is 9.47 Å². The number of morpholine rings is 1. The van der Waals surface area contributed by atoms with E-state index in [9.17, 15) is 0 Å². The predicted octanol–water partition coefficient (Wildman–Crippen LogP) is 0.542. The van der Waals surface area contributed by atoms with Crippen molar-refractivity contribution in [3.63, 3.8) is 0 Å². The third-order valence-electron chi connectivity index (χ3n) is 3.37. The second kappa shape index (κ2) is 3.23. The van der Waals surface area contributed by atoms with Crippen LogP contribution in [0.15, 0.2) is 0 Å². The van der Waals surface area contributed by atoms with E-state index in [1.807, 2.05) is 0 Å². The Morgan fingerprint density at radius 1 is 1.08 bits per heavy atom. The maximum Gasteiger partial charge on any atom is 0.0777 e. The van der Waals surface area contributed by atoms with E-state index < -0.39 is 0 Å². The number of nitrogens with one attached hydrogen (secondary N) is 1. The zero-order valence-electron chi connectivity index (χ0n) is 7.87. The molecule has 3 atom stereocenters. The Morgan fingerprint density at radius 2 is 2.00 bits per heavy atom. The van der Waals surface area contributed by atoms with Gasteiger partial charge in [-0.15, -0.1) is 0 Å². The first-order valence-corrected chi connectivity index (χ1v) is 5.40. The van der Waals surface area contributed by atoms with Gasteiger partial charge in [-0.05, 0) is 25.2 Å². The highest BCUT2D eigenvalue weighted by molar-refractivity contribution is 4.92. The molecule has 3 unspecified atom stereocenters. The molecule has 1 aliphatic carbocycles. The van der Waals surface area contributed by atoms with Crippen molar-refractivity contribution in [3.05, 3.63) is 0 Å². The summed E-state index contributed by atoms with van der Waals surface area (Å²) < 4.78 is 11.5. The molecule has 74 valence electrons. The van der Waals surface area contributed by atoms with Crippen LogP contribution in [0.25, 0.3) is 0 Å². The lowest BCUT2D eigenvalue weighted by Gasteiger charge is -2.40. The summed E-state index contributed by atoms with van der Waals surface area (Å²) in [5, 5.41) is 3.54. The molecule has 0 radical (unpaired) electrons. The van der Waals surface area contributed by atoms with Gasteiger partial charge in [0.15, 0.2) is 0 Å². The highest BCUT2D eigenvalue weighted by Gasteiger charge is 2.40. The van der Waals surface area contributed by atoms with Crippen LogP contribution >= 0.6 is 0 Å². The summed E-state index contributed by atoms with van der Waals surface area (Å²) in [5.41, 5.74) is 0. The number of hydrogen-bond donors (Lipinski definition) is 1. The lowest BCUT2D eigenvalue weighted by molar-refractivity contribution is -0.121. The molecule has 1 saturated carbocycles. The van der Waals surface area contributed by atoms with Crippen LogP contribution in [0.5, 0.6) is 0 Å². The molecule has 3 fully saturated rings. The van der Waals surface area contributed by atoms with Crippen molar-refractivity contribution in [1.29, 1.82) is 0 Å². The minimum absolute atomic E-state index is 0.424. The average molecular weight is 183 g/mol. The van der Waals surface area contributed by atoms with Gasteiger partial charge in [-0.1, -0.05) is 0 Å². The molecule has 0 bridgehead atoms. The first kappa shape index (κ1) is 8.21. The Morgan fingerprint density at radius 3 is 2.85 bits per heavy atom. The topological polar surface area (TPSA) is 30.5 Å². The Kier molecular flexibility index (Phi) is 2.04. The lowest BCUT2D eigenvalue weighted by Crippen LogP contribution is -2.57. The van der Waals surface area contributed by atoms with Gasteiger partial charge in [0.25, 0.3) is 0 Å². The van der Waals surface area contributed by atoms with E-state index in [1.165, 1.54) is 12.8 Å². The summed E-state index contributed by atoms with van der Waals surface area (Å²) >= 11 is 0. The molecule has 2 heterocycles. The van der Waals surface area contributed by atoms with Gasteiger partial charge in [-0.25, -0.2) is 0 Å². The lowest BCUT2D eigenvalue weighted by atomic mass is 10.0. The van der Waals surface area contributed by atoms with E-state index in [0.29, 0.717) is 18.2 Å². The number of hydrogen-bond acceptors (Lipinski definition) is 3. The summed E-state index contributed by atoms with van der Waals surface area (Å²) in [6, 6.07) is 0.462. The molecule has 2 saturated heterocycles. The predicted molar refractivity (Wildman–Crippen MR) is 48.6 cm³/mol. The Labute approximate surface area is 78.8 Å². The van der Waals surface area contributed by atoms with Crippen LogP contribution in [-0.4, -0.2) is 38.0 Å². The highest BCUT2D eigenvalue weighted by atomic mass is 16.5. The van der Waals surface area contributed by atoms with Crippen LogP contribution in [0.4, 0.5) is 0 Å². The van der Waals surface area contributed by atoms with Crippen LogP contribution in [0.3, 0.4) is 0 Å². The quantitative estimate of drug-likeness (QED) is 0.643. The van der Waals surface area contributed by atoms with Gasteiger partial charge in [-0.3, -0.25) is 0 Å². The smallest absolute Gasteiger partial charge is 0.0777 e. The van der Waals surface area contributed by atoms with Gasteiger partial charge in [0.05, 0.1) is 24.9 Å². The van der Waals surface area contributed by atoms with Crippen molar-refractivity contribution >= 4 is 0 Å². The Bertz CT molecular complexity index is 193.